The molecule has 0 unspecified atom stereocenters. The van der Waals surface area contributed by atoms with Gasteiger partial charge in [0.2, 0.25) is 17.7 Å². The lowest BCUT2D eigenvalue weighted by Gasteiger charge is -2.27. The van der Waals surface area contributed by atoms with Crippen LogP contribution in [0.3, 0.4) is 0 Å². The third kappa shape index (κ3) is 4.60. The summed E-state index contributed by atoms with van der Waals surface area (Å²) < 4.78 is 0. The van der Waals surface area contributed by atoms with E-state index < -0.39 is 41.8 Å². The van der Waals surface area contributed by atoms with Crippen molar-refractivity contribution in [3.63, 3.8) is 0 Å². The number of hydrogen-bond donors (Lipinski definition) is 5. The van der Waals surface area contributed by atoms with Gasteiger partial charge in [-0.2, -0.15) is 12.6 Å². The molecule has 10 heteroatoms. The van der Waals surface area contributed by atoms with Crippen LogP contribution in [0.1, 0.15) is 19.3 Å². The standard InChI is InChI=1S/C12H20N4O5S/c13-6(4-9(14)17)10(18)15-7(5-22)11(19)16-3-1-2-8(16)12(20)21/h6-8,22H,1-5,13H2,(H2,14,17)(H,15,18)(H,20,21)/t6-,7-,8-/m0/s1. The molecule has 0 radical (unpaired) electrons. The number of aliphatic carboxylic acids is 1. The van der Waals surface area contributed by atoms with Gasteiger partial charge in [0.05, 0.1) is 12.5 Å². The molecule has 0 aromatic rings. The van der Waals surface area contributed by atoms with Crippen LogP contribution in [0.4, 0.5) is 0 Å². The van der Waals surface area contributed by atoms with Crippen molar-refractivity contribution >= 4 is 36.3 Å². The average Bonchev–Trinajstić information content (AvgIpc) is 2.92. The van der Waals surface area contributed by atoms with E-state index in [2.05, 4.69) is 17.9 Å². The highest BCUT2D eigenvalue weighted by Gasteiger charge is 2.37. The maximum absolute atomic E-state index is 12.3. The van der Waals surface area contributed by atoms with Crippen LogP contribution >= 0.6 is 12.6 Å². The maximum atomic E-state index is 12.3. The van der Waals surface area contributed by atoms with Crippen molar-refractivity contribution in [1.29, 1.82) is 0 Å². The number of nitrogens with one attached hydrogen (secondary N) is 1. The van der Waals surface area contributed by atoms with E-state index in [1.807, 2.05) is 0 Å². The largest absolute Gasteiger partial charge is 0.480 e. The van der Waals surface area contributed by atoms with Gasteiger partial charge in [-0.1, -0.05) is 0 Å². The Balaban J connectivity index is 2.70. The number of hydrogen-bond acceptors (Lipinski definition) is 6. The molecular weight excluding hydrogens is 312 g/mol. The maximum Gasteiger partial charge on any atom is 0.326 e. The Hall–Kier alpha value is -1.81. The van der Waals surface area contributed by atoms with E-state index in [1.54, 1.807) is 0 Å². The van der Waals surface area contributed by atoms with Gasteiger partial charge in [0, 0.05) is 12.3 Å². The van der Waals surface area contributed by atoms with Gasteiger partial charge in [-0.3, -0.25) is 14.4 Å². The smallest absolute Gasteiger partial charge is 0.326 e. The first-order valence-electron chi connectivity index (χ1n) is 6.76. The molecule has 6 N–H and O–H groups in total. The number of carboxylic acid groups (broad SMARTS) is 1. The predicted octanol–water partition coefficient (Wildman–Crippen LogP) is -2.32. The van der Waals surface area contributed by atoms with Crippen LogP contribution < -0.4 is 16.8 Å². The van der Waals surface area contributed by atoms with Gasteiger partial charge >= 0.3 is 5.97 Å². The highest BCUT2D eigenvalue weighted by Crippen LogP contribution is 2.18. The summed E-state index contributed by atoms with van der Waals surface area (Å²) in [5.74, 6) is -3.07. The fraction of sp³-hybridized carbons (Fsp3) is 0.667. The van der Waals surface area contributed by atoms with E-state index in [1.165, 1.54) is 4.90 Å². The van der Waals surface area contributed by atoms with E-state index in [-0.39, 0.29) is 12.2 Å². The molecule has 1 aliphatic heterocycles. The van der Waals surface area contributed by atoms with Crippen molar-refractivity contribution in [3.05, 3.63) is 0 Å². The summed E-state index contributed by atoms with van der Waals surface area (Å²) in [6.45, 7) is 0.309. The molecule has 1 rings (SSSR count). The predicted molar refractivity (Wildman–Crippen MR) is 79.9 cm³/mol. The first kappa shape index (κ1) is 18.2. The molecule has 0 bridgehead atoms. The molecule has 22 heavy (non-hydrogen) atoms. The topological polar surface area (TPSA) is 156 Å². The molecule has 3 atom stereocenters. The molecule has 1 fully saturated rings. The number of carbonyl (C=O) groups excluding carboxylic acids is 3. The van der Waals surface area contributed by atoms with Gasteiger partial charge in [-0.05, 0) is 12.8 Å². The molecule has 0 saturated carbocycles. The number of carbonyl (C=O) groups is 4. The lowest BCUT2D eigenvalue weighted by molar-refractivity contribution is -0.149. The summed E-state index contributed by atoms with van der Waals surface area (Å²) in [5.41, 5.74) is 10.4. The molecule has 1 saturated heterocycles. The van der Waals surface area contributed by atoms with Crippen molar-refractivity contribution in [2.24, 2.45) is 11.5 Å². The minimum absolute atomic E-state index is 0.0172. The molecule has 1 heterocycles. The molecule has 1 aliphatic rings. The fourth-order valence-corrected chi connectivity index (χ4v) is 2.51. The normalized spacial score (nSPS) is 20.3. The lowest BCUT2D eigenvalue weighted by atomic mass is 10.1. The molecule has 0 aromatic carbocycles. The Morgan fingerprint density at radius 2 is 2.00 bits per heavy atom. The van der Waals surface area contributed by atoms with E-state index in [0.717, 1.165) is 0 Å². The lowest BCUT2D eigenvalue weighted by Crippen LogP contribution is -2.55. The molecule has 0 aromatic heterocycles. The zero-order chi connectivity index (χ0) is 16.9. The van der Waals surface area contributed by atoms with Gasteiger partial charge in [0.25, 0.3) is 0 Å². The highest BCUT2D eigenvalue weighted by atomic mass is 32.1. The fourth-order valence-electron chi connectivity index (χ4n) is 2.26. The molecule has 0 spiro atoms. The van der Waals surface area contributed by atoms with Crippen LogP contribution in [0.2, 0.25) is 0 Å². The minimum Gasteiger partial charge on any atom is -0.480 e. The van der Waals surface area contributed by atoms with Crippen molar-refractivity contribution in [3.8, 4) is 0 Å². The van der Waals surface area contributed by atoms with Crippen LogP contribution in [-0.4, -0.2) is 64.1 Å². The van der Waals surface area contributed by atoms with E-state index >= 15 is 0 Å². The second kappa shape index (κ2) is 7.99. The number of nitrogens with two attached hydrogens (primary N) is 2. The number of likely N-dealkylation sites (tertiary alicyclic amines) is 1. The molecule has 9 nitrogen and oxygen atoms in total. The third-order valence-corrected chi connectivity index (χ3v) is 3.74. The van der Waals surface area contributed by atoms with E-state index in [9.17, 15) is 19.2 Å². The molecule has 124 valence electrons. The Kier molecular flexibility index (Phi) is 6.62. The molecular formula is C12H20N4O5S. The third-order valence-electron chi connectivity index (χ3n) is 3.38. The Morgan fingerprint density at radius 3 is 2.50 bits per heavy atom. The van der Waals surface area contributed by atoms with Crippen molar-refractivity contribution in [2.45, 2.75) is 37.4 Å². The Labute approximate surface area is 132 Å². The van der Waals surface area contributed by atoms with Crippen molar-refractivity contribution in [1.82, 2.24) is 10.2 Å². The number of carboxylic acids is 1. The number of rotatable bonds is 7. The zero-order valence-corrected chi connectivity index (χ0v) is 12.8. The van der Waals surface area contributed by atoms with Crippen LogP contribution in [0, 0.1) is 0 Å². The summed E-state index contributed by atoms with van der Waals surface area (Å²) >= 11 is 4.00. The monoisotopic (exact) mass is 332 g/mol. The Morgan fingerprint density at radius 1 is 1.36 bits per heavy atom. The van der Waals surface area contributed by atoms with Gasteiger partial charge < -0.3 is 26.8 Å². The van der Waals surface area contributed by atoms with Crippen LogP contribution in [0.25, 0.3) is 0 Å². The SMILES string of the molecule is NC(=O)C[C@H](N)C(=O)N[C@@H](CS)C(=O)N1CCC[C@H]1C(=O)O. The number of primary amides is 1. The average molecular weight is 332 g/mol. The zero-order valence-electron chi connectivity index (χ0n) is 11.9. The molecule has 0 aliphatic carbocycles. The second-order valence-electron chi connectivity index (χ2n) is 5.05. The Bertz CT molecular complexity index is 472. The van der Waals surface area contributed by atoms with Crippen molar-refractivity contribution < 1.29 is 24.3 Å². The van der Waals surface area contributed by atoms with E-state index in [4.69, 9.17) is 16.6 Å². The number of thiol groups is 1. The quantitative estimate of drug-likeness (QED) is 0.329. The summed E-state index contributed by atoms with van der Waals surface area (Å²) in [4.78, 5) is 47.2. The van der Waals surface area contributed by atoms with Crippen LogP contribution in [-0.2, 0) is 19.2 Å². The number of amides is 3. The first-order chi connectivity index (χ1) is 10.3. The highest BCUT2D eigenvalue weighted by molar-refractivity contribution is 7.80. The van der Waals surface area contributed by atoms with Crippen LogP contribution in [0.5, 0.6) is 0 Å². The summed E-state index contributed by atoms with van der Waals surface area (Å²) in [6, 6.07) is -3.07. The first-order valence-corrected chi connectivity index (χ1v) is 7.39. The summed E-state index contributed by atoms with van der Waals surface area (Å²) in [5, 5.41) is 11.5. The van der Waals surface area contributed by atoms with E-state index in [0.29, 0.717) is 19.4 Å². The number of nitrogens with zero attached hydrogens (tertiary/aromatic N) is 1. The molecule has 3 amide bonds. The summed E-state index contributed by atoms with van der Waals surface area (Å²) in [6.07, 6.45) is 0.605. The second-order valence-corrected chi connectivity index (χ2v) is 5.41. The van der Waals surface area contributed by atoms with Gasteiger partial charge in [-0.15, -0.1) is 0 Å². The van der Waals surface area contributed by atoms with Gasteiger partial charge in [0.15, 0.2) is 0 Å². The van der Waals surface area contributed by atoms with Crippen molar-refractivity contribution in [2.75, 3.05) is 12.3 Å². The van der Waals surface area contributed by atoms with Crippen LogP contribution in [0.15, 0.2) is 0 Å². The minimum atomic E-state index is -1.17. The van der Waals surface area contributed by atoms with Gasteiger partial charge in [0.1, 0.15) is 12.1 Å². The summed E-state index contributed by atoms with van der Waals surface area (Å²) in [7, 11) is 0. The van der Waals surface area contributed by atoms with Gasteiger partial charge in [-0.25, -0.2) is 4.79 Å².